The predicted octanol–water partition coefficient (Wildman–Crippen LogP) is 4.84. The summed E-state index contributed by atoms with van der Waals surface area (Å²) in [7, 11) is 0. The average molecular weight is 385 g/mol. The minimum atomic E-state index is -0.0350. The summed E-state index contributed by atoms with van der Waals surface area (Å²) < 4.78 is 5.71. The Morgan fingerprint density at radius 2 is 1.55 bits per heavy atom. The van der Waals surface area contributed by atoms with Crippen molar-refractivity contribution in [3.63, 3.8) is 0 Å². The number of hydrogen-bond acceptors (Lipinski definition) is 3. The number of anilines is 1. The van der Waals surface area contributed by atoms with Gasteiger partial charge in [-0.25, -0.2) is 0 Å². The van der Waals surface area contributed by atoms with Gasteiger partial charge in [-0.05, 0) is 36.2 Å². The molecule has 3 aromatic carbocycles. The Morgan fingerprint density at radius 3 is 2.14 bits per heavy atom. The van der Waals surface area contributed by atoms with Crippen molar-refractivity contribution >= 4 is 17.4 Å². The zero-order valence-corrected chi connectivity index (χ0v) is 16.4. The molecule has 0 radical (unpaired) electrons. The summed E-state index contributed by atoms with van der Waals surface area (Å²) in [6, 6.07) is 25.5. The van der Waals surface area contributed by atoms with Crippen LogP contribution in [0.15, 0.2) is 78.9 Å². The van der Waals surface area contributed by atoms with Crippen LogP contribution < -0.4 is 9.64 Å². The van der Waals surface area contributed by atoms with Crippen molar-refractivity contribution in [1.82, 2.24) is 0 Å². The van der Waals surface area contributed by atoms with Crippen LogP contribution in [0, 0.1) is 0 Å². The first-order valence-corrected chi connectivity index (χ1v) is 9.81. The summed E-state index contributed by atoms with van der Waals surface area (Å²) in [4.78, 5) is 26.9. The molecule has 0 saturated carbocycles. The Bertz CT molecular complexity index is 975. The SMILES string of the molecule is CC(=O)c1ccc2c(c1)N(C(=O)CC(c1ccccc1)c1ccccc1)CCO2. The third kappa shape index (κ3) is 4.06. The van der Waals surface area contributed by atoms with E-state index in [9.17, 15) is 9.59 Å². The van der Waals surface area contributed by atoms with Crippen LogP contribution in [-0.2, 0) is 4.79 Å². The highest BCUT2D eigenvalue weighted by molar-refractivity contribution is 6.00. The molecule has 0 aromatic heterocycles. The second-order valence-electron chi connectivity index (χ2n) is 7.21. The van der Waals surface area contributed by atoms with Gasteiger partial charge in [0.2, 0.25) is 5.91 Å². The van der Waals surface area contributed by atoms with Crippen molar-refractivity contribution in [3.05, 3.63) is 95.6 Å². The van der Waals surface area contributed by atoms with Gasteiger partial charge < -0.3 is 9.64 Å². The molecule has 0 bridgehead atoms. The van der Waals surface area contributed by atoms with Crippen molar-refractivity contribution in [3.8, 4) is 5.75 Å². The number of carbonyl (C=O) groups excluding carboxylic acids is 2. The van der Waals surface area contributed by atoms with E-state index in [2.05, 4.69) is 24.3 Å². The van der Waals surface area contributed by atoms with Crippen molar-refractivity contribution in [1.29, 1.82) is 0 Å². The summed E-state index contributed by atoms with van der Waals surface area (Å²) >= 11 is 0. The summed E-state index contributed by atoms with van der Waals surface area (Å²) in [6.45, 7) is 2.45. The van der Waals surface area contributed by atoms with Gasteiger partial charge in [-0.1, -0.05) is 60.7 Å². The van der Waals surface area contributed by atoms with E-state index in [1.807, 2.05) is 36.4 Å². The van der Waals surface area contributed by atoms with E-state index in [0.29, 0.717) is 36.6 Å². The molecule has 0 unspecified atom stereocenters. The van der Waals surface area contributed by atoms with Crippen LogP contribution in [0.4, 0.5) is 5.69 Å². The molecule has 0 N–H and O–H groups in total. The third-order valence-corrected chi connectivity index (χ3v) is 5.31. The largest absolute Gasteiger partial charge is 0.490 e. The van der Waals surface area contributed by atoms with Gasteiger partial charge in [0, 0.05) is 17.9 Å². The van der Waals surface area contributed by atoms with Crippen LogP contribution in [0.2, 0.25) is 0 Å². The Kier molecular flexibility index (Phi) is 5.43. The summed E-state index contributed by atoms with van der Waals surface area (Å²) in [5.74, 6) is 0.600. The van der Waals surface area contributed by atoms with Gasteiger partial charge in [0.1, 0.15) is 12.4 Å². The first-order valence-electron chi connectivity index (χ1n) is 9.81. The van der Waals surface area contributed by atoms with Crippen LogP contribution in [0.3, 0.4) is 0 Å². The van der Waals surface area contributed by atoms with Gasteiger partial charge >= 0.3 is 0 Å². The lowest BCUT2D eigenvalue weighted by Gasteiger charge is -2.31. The van der Waals surface area contributed by atoms with Gasteiger partial charge in [-0.3, -0.25) is 9.59 Å². The van der Waals surface area contributed by atoms with Crippen LogP contribution in [0.25, 0.3) is 0 Å². The molecule has 1 aliphatic heterocycles. The quantitative estimate of drug-likeness (QED) is 0.591. The fraction of sp³-hybridized carbons (Fsp3) is 0.200. The van der Waals surface area contributed by atoms with Crippen LogP contribution in [-0.4, -0.2) is 24.8 Å². The lowest BCUT2D eigenvalue weighted by molar-refractivity contribution is -0.119. The second kappa shape index (κ2) is 8.31. The first-order chi connectivity index (χ1) is 14.1. The highest BCUT2D eigenvalue weighted by Crippen LogP contribution is 2.35. The molecular weight excluding hydrogens is 362 g/mol. The number of amides is 1. The highest BCUT2D eigenvalue weighted by Gasteiger charge is 2.27. The first kappa shape index (κ1) is 18.9. The Hall–Kier alpha value is -3.40. The molecular formula is C25H23NO3. The molecule has 29 heavy (non-hydrogen) atoms. The average Bonchev–Trinajstić information content (AvgIpc) is 2.77. The number of hydrogen-bond donors (Lipinski definition) is 0. The fourth-order valence-electron chi connectivity index (χ4n) is 3.78. The topological polar surface area (TPSA) is 46.6 Å². The highest BCUT2D eigenvalue weighted by atomic mass is 16.5. The molecule has 0 fully saturated rings. The second-order valence-corrected chi connectivity index (χ2v) is 7.21. The number of fused-ring (bicyclic) bond motifs is 1. The van der Waals surface area contributed by atoms with E-state index in [1.165, 1.54) is 6.92 Å². The number of ether oxygens (including phenoxy) is 1. The summed E-state index contributed by atoms with van der Waals surface area (Å²) in [5, 5.41) is 0. The molecule has 1 heterocycles. The van der Waals surface area contributed by atoms with E-state index >= 15 is 0 Å². The Labute approximate surface area is 170 Å². The summed E-state index contributed by atoms with van der Waals surface area (Å²) in [5.41, 5.74) is 3.47. The molecule has 4 heteroatoms. The molecule has 0 atom stereocenters. The van der Waals surface area contributed by atoms with Crippen molar-refractivity contribution in [2.45, 2.75) is 19.3 Å². The smallest absolute Gasteiger partial charge is 0.228 e. The normalized spacial score (nSPS) is 13.0. The standard InChI is InChI=1S/C25H23NO3/c1-18(27)21-12-13-24-23(16-21)26(14-15-29-24)25(28)17-22(19-8-4-2-5-9-19)20-10-6-3-7-11-20/h2-13,16,22H,14-15,17H2,1H3. The van der Waals surface area contributed by atoms with Crippen molar-refractivity contribution in [2.24, 2.45) is 0 Å². The number of benzene rings is 3. The van der Waals surface area contributed by atoms with Crippen LogP contribution in [0.1, 0.15) is 40.7 Å². The Morgan fingerprint density at radius 1 is 0.931 bits per heavy atom. The number of nitrogens with zero attached hydrogens (tertiary/aromatic N) is 1. The molecule has 3 aromatic rings. The maximum absolute atomic E-state index is 13.4. The lowest BCUT2D eigenvalue weighted by atomic mass is 9.88. The van der Waals surface area contributed by atoms with Gasteiger partial charge in [0.05, 0.1) is 12.2 Å². The fourth-order valence-corrected chi connectivity index (χ4v) is 3.78. The number of Topliss-reactive ketones (excluding diaryl/α,β-unsaturated/α-hetero) is 1. The van der Waals surface area contributed by atoms with E-state index in [1.54, 1.807) is 23.1 Å². The Balaban J connectivity index is 1.66. The molecule has 4 rings (SSSR count). The van der Waals surface area contributed by atoms with Gasteiger partial charge in [0.15, 0.2) is 5.78 Å². The molecule has 0 spiro atoms. The van der Waals surface area contributed by atoms with Crippen LogP contribution >= 0.6 is 0 Å². The monoisotopic (exact) mass is 385 g/mol. The molecule has 146 valence electrons. The molecule has 0 aliphatic carbocycles. The molecule has 4 nitrogen and oxygen atoms in total. The summed E-state index contributed by atoms with van der Waals surface area (Å²) in [6.07, 6.45) is 0.345. The lowest BCUT2D eigenvalue weighted by Crippen LogP contribution is -2.38. The zero-order chi connectivity index (χ0) is 20.2. The molecule has 0 saturated heterocycles. The molecule has 1 aliphatic rings. The van der Waals surface area contributed by atoms with Crippen molar-refractivity contribution < 1.29 is 14.3 Å². The maximum atomic E-state index is 13.4. The van der Waals surface area contributed by atoms with Gasteiger partial charge in [0.25, 0.3) is 0 Å². The molecule has 1 amide bonds. The van der Waals surface area contributed by atoms with Gasteiger partial charge in [-0.2, -0.15) is 0 Å². The number of rotatable bonds is 5. The van der Waals surface area contributed by atoms with Crippen LogP contribution in [0.5, 0.6) is 5.75 Å². The minimum Gasteiger partial charge on any atom is -0.490 e. The maximum Gasteiger partial charge on any atom is 0.228 e. The van der Waals surface area contributed by atoms with E-state index in [0.717, 1.165) is 11.1 Å². The van der Waals surface area contributed by atoms with Crippen molar-refractivity contribution in [2.75, 3.05) is 18.1 Å². The minimum absolute atomic E-state index is 0.0213. The van der Waals surface area contributed by atoms with E-state index in [4.69, 9.17) is 4.74 Å². The zero-order valence-electron chi connectivity index (χ0n) is 16.4. The van der Waals surface area contributed by atoms with E-state index in [-0.39, 0.29) is 17.6 Å². The van der Waals surface area contributed by atoms with Gasteiger partial charge in [-0.15, -0.1) is 0 Å². The van der Waals surface area contributed by atoms with E-state index < -0.39 is 0 Å². The predicted molar refractivity (Wildman–Crippen MR) is 114 cm³/mol. The third-order valence-electron chi connectivity index (χ3n) is 5.31. The number of ketones is 1. The number of carbonyl (C=O) groups is 2.